The number of carbonyl (C=O) groups excluding carboxylic acids is 1. The van der Waals surface area contributed by atoms with Crippen LogP contribution in [0.2, 0.25) is 0 Å². The first kappa shape index (κ1) is 20.0. The summed E-state index contributed by atoms with van der Waals surface area (Å²) in [6, 6.07) is 1.99. The van der Waals surface area contributed by atoms with Crippen molar-refractivity contribution in [1.82, 2.24) is 10.2 Å². The van der Waals surface area contributed by atoms with Crippen LogP contribution in [0.15, 0.2) is 18.2 Å². The van der Waals surface area contributed by atoms with E-state index in [9.17, 15) is 22.4 Å². The number of halogens is 5. The highest BCUT2D eigenvalue weighted by molar-refractivity contribution is 5.94. The van der Waals surface area contributed by atoms with Gasteiger partial charge in [0.15, 0.2) is 0 Å². The maximum Gasteiger partial charge on any atom is 0.416 e. The van der Waals surface area contributed by atoms with Gasteiger partial charge in [-0.05, 0) is 62.4 Å². The zero-order valence-corrected chi connectivity index (χ0v) is 14.5. The first-order chi connectivity index (χ1) is 11.3. The quantitative estimate of drug-likeness (QED) is 0.750. The Labute approximate surface area is 150 Å². The highest BCUT2D eigenvalue weighted by Gasteiger charge is 2.38. The van der Waals surface area contributed by atoms with Gasteiger partial charge in [0.2, 0.25) is 0 Å². The average Bonchev–Trinajstić information content (AvgIpc) is 2.55. The normalized spacial score (nSPS) is 20.2. The van der Waals surface area contributed by atoms with Crippen LogP contribution in [0.25, 0.3) is 0 Å². The first-order valence-electron chi connectivity index (χ1n) is 8.18. The van der Waals surface area contributed by atoms with Gasteiger partial charge in [-0.3, -0.25) is 4.79 Å². The lowest BCUT2D eigenvalue weighted by molar-refractivity contribution is -0.137. The van der Waals surface area contributed by atoms with E-state index in [4.69, 9.17) is 0 Å². The van der Waals surface area contributed by atoms with Crippen LogP contribution in [0, 0.1) is 11.2 Å². The molecule has 0 aromatic heterocycles. The Morgan fingerprint density at radius 3 is 2.24 bits per heavy atom. The maximum absolute atomic E-state index is 13.9. The molecule has 140 valence electrons. The number of carbonyl (C=O) groups is 1. The summed E-state index contributed by atoms with van der Waals surface area (Å²) in [5.41, 5.74) is -1.28. The van der Waals surface area contributed by atoms with Crippen LogP contribution in [0.4, 0.5) is 17.6 Å². The number of likely N-dealkylation sites (tertiary alicyclic amines) is 1. The molecule has 3 rings (SSSR count). The second-order valence-corrected chi connectivity index (χ2v) is 6.73. The molecule has 0 unspecified atom stereocenters. The molecule has 0 bridgehead atoms. The van der Waals surface area contributed by atoms with E-state index in [-0.39, 0.29) is 17.8 Å². The molecule has 1 amide bonds. The summed E-state index contributed by atoms with van der Waals surface area (Å²) in [6.07, 6.45) is -0.855. The summed E-state index contributed by atoms with van der Waals surface area (Å²) in [6.45, 7) is 2.84. The van der Waals surface area contributed by atoms with Gasteiger partial charge in [0.1, 0.15) is 5.82 Å². The minimum absolute atomic E-state index is 0. The maximum atomic E-state index is 13.9. The van der Waals surface area contributed by atoms with Gasteiger partial charge < -0.3 is 10.2 Å². The molecule has 0 saturated carbocycles. The number of hydrogen-bond donors (Lipinski definition) is 1. The average molecular weight is 381 g/mol. The Morgan fingerprint density at radius 2 is 1.68 bits per heavy atom. The summed E-state index contributed by atoms with van der Waals surface area (Å²) >= 11 is 0. The lowest BCUT2D eigenvalue weighted by Crippen LogP contribution is -2.47. The first-order valence-corrected chi connectivity index (χ1v) is 8.18. The Bertz CT molecular complexity index is 620. The van der Waals surface area contributed by atoms with Crippen LogP contribution in [-0.2, 0) is 6.18 Å². The topological polar surface area (TPSA) is 32.3 Å². The van der Waals surface area contributed by atoms with Crippen molar-refractivity contribution in [2.75, 3.05) is 26.2 Å². The van der Waals surface area contributed by atoms with Gasteiger partial charge >= 0.3 is 6.18 Å². The summed E-state index contributed by atoms with van der Waals surface area (Å²) in [4.78, 5) is 14.0. The summed E-state index contributed by atoms with van der Waals surface area (Å²) in [7, 11) is 0. The van der Waals surface area contributed by atoms with Gasteiger partial charge in [-0.25, -0.2) is 4.39 Å². The predicted octanol–water partition coefficient (Wildman–Crippen LogP) is 3.87. The van der Waals surface area contributed by atoms with E-state index in [1.807, 2.05) is 0 Å². The fraction of sp³-hybridized carbons (Fsp3) is 0.588. The van der Waals surface area contributed by atoms with Gasteiger partial charge in [0, 0.05) is 13.1 Å². The Morgan fingerprint density at radius 1 is 1.08 bits per heavy atom. The molecule has 1 aromatic rings. The smallest absolute Gasteiger partial charge is 0.339 e. The van der Waals surface area contributed by atoms with E-state index in [0.29, 0.717) is 31.3 Å². The third kappa shape index (κ3) is 4.26. The molecule has 2 fully saturated rings. The Kier molecular flexibility index (Phi) is 5.99. The van der Waals surface area contributed by atoms with E-state index in [1.165, 1.54) is 4.90 Å². The van der Waals surface area contributed by atoms with Crippen molar-refractivity contribution in [2.45, 2.75) is 31.9 Å². The Balaban J connectivity index is 0.00000225. The zero-order chi connectivity index (χ0) is 17.4. The SMILES string of the molecule is Cl.O=C(c1cc(C(F)(F)F)ccc1F)N1CCC2(CCNCC2)CC1. The van der Waals surface area contributed by atoms with E-state index in [2.05, 4.69) is 5.32 Å². The zero-order valence-electron chi connectivity index (χ0n) is 13.7. The summed E-state index contributed by atoms with van der Waals surface area (Å²) < 4.78 is 52.3. The number of piperidine rings is 2. The number of amides is 1. The van der Waals surface area contributed by atoms with Crippen molar-refractivity contribution in [3.63, 3.8) is 0 Å². The standard InChI is InChI=1S/C17H20F4N2O.ClH/c18-14-2-1-12(17(19,20)21)11-13(14)15(24)23-9-5-16(6-10-23)3-7-22-8-4-16;/h1-2,11,22H,3-10H2;1H. The molecule has 8 heteroatoms. The lowest BCUT2D eigenvalue weighted by Gasteiger charge is -2.44. The van der Waals surface area contributed by atoms with E-state index >= 15 is 0 Å². The number of hydrogen-bond acceptors (Lipinski definition) is 2. The molecule has 2 saturated heterocycles. The van der Waals surface area contributed by atoms with Gasteiger partial charge in [-0.15, -0.1) is 12.4 Å². The molecule has 1 aromatic carbocycles. The number of nitrogens with one attached hydrogen (secondary N) is 1. The third-order valence-electron chi connectivity index (χ3n) is 5.30. The minimum atomic E-state index is -4.59. The van der Waals surface area contributed by atoms with Gasteiger partial charge in [-0.2, -0.15) is 13.2 Å². The second-order valence-electron chi connectivity index (χ2n) is 6.73. The van der Waals surface area contributed by atoms with Crippen molar-refractivity contribution in [2.24, 2.45) is 5.41 Å². The van der Waals surface area contributed by atoms with Crippen molar-refractivity contribution >= 4 is 18.3 Å². The molecular formula is C17H21ClF4N2O. The second kappa shape index (κ2) is 7.50. The monoisotopic (exact) mass is 380 g/mol. The number of alkyl halides is 3. The fourth-order valence-corrected chi connectivity index (χ4v) is 3.68. The van der Waals surface area contributed by atoms with Crippen molar-refractivity contribution in [3.8, 4) is 0 Å². The number of nitrogens with zero attached hydrogens (tertiary/aromatic N) is 1. The molecule has 2 aliphatic rings. The molecule has 2 heterocycles. The van der Waals surface area contributed by atoms with E-state index in [0.717, 1.165) is 38.8 Å². The van der Waals surface area contributed by atoms with Crippen LogP contribution in [-0.4, -0.2) is 37.0 Å². The predicted molar refractivity (Wildman–Crippen MR) is 88.3 cm³/mol. The molecule has 0 radical (unpaired) electrons. The number of rotatable bonds is 1. The molecule has 1 N–H and O–H groups in total. The van der Waals surface area contributed by atoms with Crippen LogP contribution < -0.4 is 5.32 Å². The van der Waals surface area contributed by atoms with Crippen molar-refractivity contribution in [1.29, 1.82) is 0 Å². The largest absolute Gasteiger partial charge is 0.416 e. The van der Waals surface area contributed by atoms with E-state index in [1.54, 1.807) is 0 Å². The highest BCUT2D eigenvalue weighted by Crippen LogP contribution is 2.40. The van der Waals surface area contributed by atoms with Crippen LogP contribution in [0.3, 0.4) is 0 Å². The molecular weight excluding hydrogens is 360 g/mol. The van der Waals surface area contributed by atoms with Gasteiger partial charge in [0.05, 0.1) is 11.1 Å². The molecule has 25 heavy (non-hydrogen) atoms. The summed E-state index contributed by atoms with van der Waals surface area (Å²) in [5.74, 6) is -1.56. The summed E-state index contributed by atoms with van der Waals surface area (Å²) in [5, 5.41) is 3.31. The minimum Gasteiger partial charge on any atom is -0.339 e. The van der Waals surface area contributed by atoms with E-state index < -0.39 is 29.0 Å². The third-order valence-corrected chi connectivity index (χ3v) is 5.30. The van der Waals surface area contributed by atoms with Crippen LogP contribution in [0.5, 0.6) is 0 Å². The molecule has 1 spiro atoms. The van der Waals surface area contributed by atoms with Crippen LogP contribution >= 0.6 is 12.4 Å². The van der Waals surface area contributed by atoms with Crippen LogP contribution in [0.1, 0.15) is 41.6 Å². The molecule has 2 aliphatic heterocycles. The highest BCUT2D eigenvalue weighted by atomic mass is 35.5. The Hall–Kier alpha value is -1.34. The molecule has 3 nitrogen and oxygen atoms in total. The number of benzene rings is 1. The molecule has 0 aliphatic carbocycles. The van der Waals surface area contributed by atoms with Crippen molar-refractivity contribution < 1.29 is 22.4 Å². The molecule has 0 atom stereocenters. The lowest BCUT2D eigenvalue weighted by atomic mass is 9.71. The van der Waals surface area contributed by atoms with Gasteiger partial charge in [0.25, 0.3) is 5.91 Å². The fourth-order valence-electron chi connectivity index (χ4n) is 3.68. The van der Waals surface area contributed by atoms with Gasteiger partial charge in [-0.1, -0.05) is 0 Å². The van der Waals surface area contributed by atoms with Crippen molar-refractivity contribution in [3.05, 3.63) is 35.1 Å².